The van der Waals surface area contributed by atoms with Gasteiger partial charge in [0.2, 0.25) is 0 Å². The van der Waals surface area contributed by atoms with E-state index in [0.717, 1.165) is 148 Å². The third kappa shape index (κ3) is 68.2. The maximum atomic E-state index is 12.9. The van der Waals surface area contributed by atoms with Crippen LogP contribution in [0.1, 0.15) is 316 Å². The van der Waals surface area contributed by atoms with Crippen LogP contribution < -0.4 is 0 Å². The zero-order valence-electron chi connectivity index (χ0n) is 54.2. The van der Waals surface area contributed by atoms with Crippen LogP contribution in [-0.2, 0) is 28.6 Å². The minimum Gasteiger partial charge on any atom is -0.462 e. The molecule has 0 spiro atoms. The van der Waals surface area contributed by atoms with Gasteiger partial charge in [-0.15, -0.1) is 0 Å². The van der Waals surface area contributed by atoms with E-state index in [0.29, 0.717) is 19.3 Å². The molecule has 0 rings (SSSR count). The normalized spacial score (nSPS) is 13.0. The Hall–Kier alpha value is -4.45. The molecule has 472 valence electrons. The van der Waals surface area contributed by atoms with Gasteiger partial charge in [-0.3, -0.25) is 14.4 Å². The second kappa shape index (κ2) is 70.0. The lowest BCUT2D eigenvalue weighted by Crippen LogP contribution is -2.30. The average molecular weight is 1150 g/mol. The maximum absolute atomic E-state index is 12.9. The molecule has 0 saturated heterocycles. The standard InChI is InChI=1S/C77H128O6/c1-4-7-10-13-16-19-22-25-28-29-30-31-32-33-34-35-36-37-38-39-40-41-42-43-44-45-46-47-50-52-55-58-61-64-67-70-76(79)82-73-74(83-77(80)71-68-65-62-59-56-53-49-27-24-21-18-15-12-9-6-3)72-81-75(78)69-66-63-60-57-54-51-48-26-23-20-17-14-11-8-5-2/h7,9-10,12,16,18-19,21,25,27-28,30-31,33-34,36-37,39-40,42-43,49,74H,4-6,8,11,13-15,17,20,22-24,26,29,32,35,38,41,44-48,50-73H2,1-3H3/b10-7-,12-9-,19-16-,21-18-,28-25-,31-30-,34-33-,37-36-,40-39-,43-42-,49-27-. The Bertz CT molecular complexity index is 1750. The molecular formula is C77H128O6. The number of esters is 3. The molecule has 0 heterocycles. The van der Waals surface area contributed by atoms with Crippen molar-refractivity contribution in [1.29, 1.82) is 0 Å². The van der Waals surface area contributed by atoms with Crippen LogP contribution in [0.3, 0.4) is 0 Å². The van der Waals surface area contributed by atoms with Crippen LogP contribution in [0.2, 0.25) is 0 Å². The Morgan fingerprint density at radius 1 is 0.253 bits per heavy atom. The van der Waals surface area contributed by atoms with Gasteiger partial charge in [-0.1, -0.05) is 315 Å². The Kier molecular flexibility index (Phi) is 66.3. The first-order valence-corrected chi connectivity index (χ1v) is 34.7. The topological polar surface area (TPSA) is 78.9 Å². The van der Waals surface area contributed by atoms with Crippen LogP contribution in [0.25, 0.3) is 0 Å². The molecule has 6 nitrogen and oxygen atoms in total. The van der Waals surface area contributed by atoms with Crippen LogP contribution in [0, 0.1) is 0 Å². The van der Waals surface area contributed by atoms with E-state index in [1.807, 2.05) is 0 Å². The molecule has 0 bridgehead atoms. The molecule has 0 N–H and O–H groups in total. The van der Waals surface area contributed by atoms with E-state index in [1.165, 1.54) is 128 Å². The van der Waals surface area contributed by atoms with Crippen molar-refractivity contribution in [3.8, 4) is 0 Å². The predicted molar refractivity (Wildman–Crippen MR) is 362 cm³/mol. The molecule has 1 unspecified atom stereocenters. The lowest BCUT2D eigenvalue weighted by molar-refractivity contribution is -0.167. The fraction of sp³-hybridized carbons (Fsp3) is 0.675. The molecule has 0 fully saturated rings. The van der Waals surface area contributed by atoms with Crippen molar-refractivity contribution in [2.24, 2.45) is 0 Å². The number of hydrogen-bond donors (Lipinski definition) is 0. The van der Waals surface area contributed by atoms with Crippen LogP contribution in [0.4, 0.5) is 0 Å². The van der Waals surface area contributed by atoms with Crippen molar-refractivity contribution < 1.29 is 28.6 Å². The van der Waals surface area contributed by atoms with Crippen LogP contribution >= 0.6 is 0 Å². The number of carbonyl (C=O) groups excluding carboxylic acids is 3. The van der Waals surface area contributed by atoms with Crippen LogP contribution in [-0.4, -0.2) is 37.2 Å². The van der Waals surface area contributed by atoms with E-state index >= 15 is 0 Å². The number of rotatable bonds is 62. The zero-order valence-corrected chi connectivity index (χ0v) is 54.2. The average Bonchev–Trinajstić information content (AvgIpc) is 3.49. The molecule has 0 aromatic carbocycles. The number of ether oxygens (including phenoxy) is 3. The van der Waals surface area contributed by atoms with E-state index in [9.17, 15) is 14.4 Å². The van der Waals surface area contributed by atoms with Crippen molar-refractivity contribution >= 4 is 17.9 Å². The summed E-state index contributed by atoms with van der Waals surface area (Å²) in [6.07, 6.45) is 99.0. The zero-order chi connectivity index (χ0) is 59.9. The molecule has 83 heavy (non-hydrogen) atoms. The minimum atomic E-state index is -0.791. The predicted octanol–water partition coefficient (Wildman–Crippen LogP) is 24.1. The highest BCUT2D eigenvalue weighted by atomic mass is 16.6. The Morgan fingerprint density at radius 2 is 0.470 bits per heavy atom. The summed E-state index contributed by atoms with van der Waals surface area (Å²) in [5.41, 5.74) is 0. The van der Waals surface area contributed by atoms with Crippen LogP contribution in [0.5, 0.6) is 0 Å². The SMILES string of the molecule is CC/C=C\C/C=C\C/C=C\C/C=C\C/C=C\C/C=C\C/C=C\C/C=C\CCCCCCCCCCCCC(=O)OCC(COC(=O)CCCCCCCCCCCCCCCCC)OC(=O)CCCCCCC/C=C\C/C=C\C/C=C\CC. The molecule has 0 aromatic rings. The summed E-state index contributed by atoms with van der Waals surface area (Å²) in [4.78, 5) is 38.4. The lowest BCUT2D eigenvalue weighted by Gasteiger charge is -2.18. The number of unbranched alkanes of at least 4 members (excludes halogenated alkanes) is 29. The van der Waals surface area contributed by atoms with Gasteiger partial charge in [-0.25, -0.2) is 0 Å². The largest absolute Gasteiger partial charge is 0.462 e. The van der Waals surface area contributed by atoms with E-state index in [2.05, 4.69) is 154 Å². The molecule has 1 atom stereocenters. The van der Waals surface area contributed by atoms with Crippen molar-refractivity contribution in [1.82, 2.24) is 0 Å². The van der Waals surface area contributed by atoms with Crippen LogP contribution in [0.15, 0.2) is 134 Å². The van der Waals surface area contributed by atoms with E-state index < -0.39 is 6.10 Å². The summed E-state index contributed by atoms with van der Waals surface area (Å²) >= 11 is 0. The highest BCUT2D eigenvalue weighted by molar-refractivity contribution is 5.71. The van der Waals surface area contributed by atoms with E-state index in [4.69, 9.17) is 14.2 Å². The second-order valence-corrected chi connectivity index (χ2v) is 22.7. The Morgan fingerprint density at radius 3 is 0.735 bits per heavy atom. The quantitative estimate of drug-likeness (QED) is 0.0261. The molecule has 0 aliphatic heterocycles. The van der Waals surface area contributed by atoms with E-state index in [1.54, 1.807) is 0 Å². The highest BCUT2D eigenvalue weighted by Gasteiger charge is 2.19. The van der Waals surface area contributed by atoms with Crippen molar-refractivity contribution in [3.05, 3.63) is 134 Å². The summed E-state index contributed by atoms with van der Waals surface area (Å²) in [6, 6.07) is 0. The summed E-state index contributed by atoms with van der Waals surface area (Å²) in [5, 5.41) is 0. The monoisotopic (exact) mass is 1150 g/mol. The first-order valence-electron chi connectivity index (χ1n) is 34.7. The van der Waals surface area contributed by atoms with E-state index in [-0.39, 0.29) is 31.1 Å². The number of hydrogen-bond acceptors (Lipinski definition) is 6. The summed E-state index contributed by atoms with van der Waals surface area (Å²) in [7, 11) is 0. The molecule has 0 radical (unpaired) electrons. The fourth-order valence-corrected chi connectivity index (χ4v) is 9.53. The summed E-state index contributed by atoms with van der Waals surface area (Å²) < 4.78 is 16.9. The number of allylic oxidation sites excluding steroid dienone is 22. The van der Waals surface area contributed by atoms with Gasteiger partial charge in [0.05, 0.1) is 0 Å². The van der Waals surface area contributed by atoms with Gasteiger partial charge in [0.25, 0.3) is 0 Å². The highest BCUT2D eigenvalue weighted by Crippen LogP contribution is 2.17. The molecule has 0 amide bonds. The first-order chi connectivity index (χ1) is 41.0. The summed E-state index contributed by atoms with van der Waals surface area (Å²) in [6.45, 7) is 6.42. The van der Waals surface area contributed by atoms with Gasteiger partial charge in [-0.2, -0.15) is 0 Å². The first kappa shape index (κ1) is 78.5. The Balaban J connectivity index is 4.25. The van der Waals surface area contributed by atoms with Crippen molar-refractivity contribution in [2.75, 3.05) is 13.2 Å². The smallest absolute Gasteiger partial charge is 0.306 e. The molecule has 6 heteroatoms. The fourth-order valence-electron chi connectivity index (χ4n) is 9.53. The van der Waals surface area contributed by atoms with Gasteiger partial charge < -0.3 is 14.2 Å². The van der Waals surface area contributed by atoms with Gasteiger partial charge in [-0.05, 0) is 116 Å². The Labute approximate surface area is 513 Å². The van der Waals surface area contributed by atoms with Crippen molar-refractivity contribution in [2.45, 2.75) is 322 Å². The minimum absolute atomic E-state index is 0.0853. The lowest BCUT2D eigenvalue weighted by atomic mass is 10.0. The maximum Gasteiger partial charge on any atom is 0.306 e. The summed E-state index contributed by atoms with van der Waals surface area (Å²) in [5.74, 6) is -0.898. The third-order valence-corrected chi connectivity index (χ3v) is 14.7. The number of carbonyl (C=O) groups is 3. The molecule has 0 saturated carbocycles. The molecule has 0 aliphatic rings. The second-order valence-electron chi connectivity index (χ2n) is 22.7. The molecule has 0 aliphatic carbocycles. The third-order valence-electron chi connectivity index (χ3n) is 14.7. The molecule has 0 aromatic heterocycles. The van der Waals surface area contributed by atoms with Gasteiger partial charge in [0, 0.05) is 19.3 Å². The molecular weight excluding hydrogens is 1020 g/mol. The van der Waals surface area contributed by atoms with Gasteiger partial charge >= 0.3 is 17.9 Å². The van der Waals surface area contributed by atoms with Gasteiger partial charge in [0.15, 0.2) is 6.10 Å². The van der Waals surface area contributed by atoms with Crippen molar-refractivity contribution in [3.63, 3.8) is 0 Å². The van der Waals surface area contributed by atoms with Gasteiger partial charge in [0.1, 0.15) is 13.2 Å².